The molecule has 15 heavy (non-hydrogen) atoms. The van der Waals surface area contributed by atoms with Gasteiger partial charge in [-0.3, -0.25) is 4.21 Å². The number of rotatable bonds is 5. The Morgan fingerprint density at radius 1 is 1.53 bits per heavy atom. The summed E-state index contributed by atoms with van der Waals surface area (Å²) >= 11 is 0. The third-order valence-electron chi connectivity index (χ3n) is 1.80. The molecule has 0 aliphatic rings. The minimum Gasteiger partial charge on any atom is -0.395 e. The summed E-state index contributed by atoms with van der Waals surface area (Å²) in [6.45, 7) is 2.45. The van der Waals surface area contributed by atoms with Crippen molar-refractivity contribution in [2.75, 3.05) is 24.7 Å². The van der Waals surface area contributed by atoms with E-state index in [9.17, 15) is 4.21 Å². The first-order valence-electron chi connectivity index (χ1n) is 4.74. The molecule has 0 aromatic carbocycles. The van der Waals surface area contributed by atoms with Gasteiger partial charge in [0.25, 0.3) is 0 Å². The highest BCUT2D eigenvalue weighted by atomic mass is 32.2. The van der Waals surface area contributed by atoms with Crippen molar-refractivity contribution in [1.29, 1.82) is 0 Å². The zero-order chi connectivity index (χ0) is 11.3. The number of pyridine rings is 1. The van der Waals surface area contributed by atoms with Crippen LogP contribution in [-0.4, -0.2) is 33.7 Å². The summed E-state index contributed by atoms with van der Waals surface area (Å²) in [5, 5.41) is 11.7. The van der Waals surface area contributed by atoms with E-state index in [0.29, 0.717) is 12.3 Å². The predicted octanol–water partition coefficient (Wildman–Crippen LogP) is 0.673. The molecule has 1 rings (SSSR count). The van der Waals surface area contributed by atoms with Crippen LogP contribution in [0.2, 0.25) is 0 Å². The molecule has 0 amide bonds. The van der Waals surface area contributed by atoms with E-state index in [-0.39, 0.29) is 6.61 Å². The van der Waals surface area contributed by atoms with Crippen LogP contribution in [0.15, 0.2) is 12.1 Å². The molecule has 1 unspecified atom stereocenters. The summed E-state index contributed by atoms with van der Waals surface area (Å²) in [5.74, 6) is 1.27. The lowest BCUT2D eigenvalue weighted by atomic mass is 10.2. The lowest BCUT2D eigenvalue weighted by Gasteiger charge is -2.07. The molecule has 4 nitrogen and oxygen atoms in total. The van der Waals surface area contributed by atoms with E-state index >= 15 is 0 Å². The van der Waals surface area contributed by atoms with Gasteiger partial charge >= 0.3 is 0 Å². The first-order valence-corrected chi connectivity index (χ1v) is 6.47. The van der Waals surface area contributed by atoms with Gasteiger partial charge in [-0.1, -0.05) is 0 Å². The van der Waals surface area contributed by atoms with Crippen LogP contribution in [0.5, 0.6) is 0 Å². The Bertz CT molecular complexity index is 355. The standard InChI is InChI=1S/C10H16N2O2S/c1-8-5-9(7-15(2)14)6-10(12-8)11-3-4-13/h5-6,13H,3-4,7H2,1-2H3,(H,11,12). The molecule has 0 aliphatic carbocycles. The van der Waals surface area contributed by atoms with Crippen LogP contribution in [0.25, 0.3) is 0 Å². The number of aryl methyl sites for hydroxylation is 1. The minimum absolute atomic E-state index is 0.0741. The average molecular weight is 228 g/mol. The topological polar surface area (TPSA) is 62.2 Å². The van der Waals surface area contributed by atoms with Gasteiger partial charge < -0.3 is 10.4 Å². The van der Waals surface area contributed by atoms with Crippen molar-refractivity contribution in [2.24, 2.45) is 0 Å². The van der Waals surface area contributed by atoms with Crippen LogP contribution in [0.1, 0.15) is 11.3 Å². The molecule has 84 valence electrons. The largest absolute Gasteiger partial charge is 0.395 e. The monoisotopic (exact) mass is 228 g/mol. The Kier molecular flexibility index (Phi) is 4.71. The first-order chi connectivity index (χ1) is 7.11. The molecular formula is C10H16N2O2S. The molecule has 2 N–H and O–H groups in total. The number of nitrogens with one attached hydrogen (secondary N) is 1. The molecule has 5 heteroatoms. The third-order valence-corrected chi connectivity index (χ3v) is 2.54. The third kappa shape index (κ3) is 4.40. The molecule has 0 bridgehead atoms. The van der Waals surface area contributed by atoms with Crippen LogP contribution in [0.4, 0.5) is 5.82 Å². The van der Waals surface area contributed by atoms with Gasteiger partial charge in [-0.25, -0.2) is 4.98 Å². The molecule has 0 saturated carbocycles. The van der Waals surface area contributed by atoms with E-state index < -0.39 is 10.8 Å². The van der Waals surface area contributed by atoms with Gasteiger partial charge in [0.2, 0.25) is 0 Å². The quantitative estimate of drug-likeness (QED) is 0.777. The Balaban J connectivity index is 2.79. The van der Waals surface area contributed by atoms with Crippen molar-refractivity contribution < 1.29 is 9.32 Å². The summed E-state index contributed by atoms with van der Waals surface area (Å²) in [4.78, 5) is 4.26. The molecule has 0 spiro atoms. The smallest absolute Gasteiger partial charge is 0.126 e. The zero-order valence-corrected chi connectivity index (χ0v) is 9.80. The number of hydrogen-bond acceptors (Lipinski definition) is 4. The Morgan fingerprint density at radius 3 is 2.87 bits per heavy atom. The number of anilines is 1. The van der Waals surface area contributed by atoms with E-state index in [1.165, 1.54) is 0 Å². The van der Waals surface area contributed by atoms with Gasteiger partial charge in [-0.2, -0.15) is 0 Å². The fourth-order valence-corrected chi connectivity index (χ4v) is 1.97. The van der Waals surface area contributed by atoms with Crippen LogP contribution >= 0.6 is 0 Å². The maximum Gasteiger partial charge on any atom is 0.126 e. The van der Waals surface area contributed by atoms with Gasteiger partial charge in [-0.05, 0) is 24.6 Å². The van der Waals surface area contributed by atoms with Gasteiger partial charge in [0.05, 0.1) is 6.61 Å². The zero-order valence-electron chi connectivity index (χ0n) is 8.99. The summed E-state index contributed by atoms with van der Waals surface area (Å²) < 4.78 is 11.1. The summed E-state index contributed by atoms with van der Waals surface area (Å²) in [6, 6.07) is 3.79. The molecule has 0 fully saturated rings. The molecule has 1 atom stereocenters. The normalized spacial score (nSPS) is 12.5. The summed E-state index contributed by atoms with van der Waals surface area (Å²) in [5.41, 5.74) is 1.89. The van der Waals surface area contributed by atoms with Crippen LogP contribution < -0.4 is 5.32 Å². The predicted molar refractivity (Wildman–Crippen MR) is 62.3 cm³/mol. The van der Waals surface area contributed by atoms with Crippen molar-refractivity contribution in [3.63, 3.8) is 0 Å². The van der Waals surface area contributed by atoms with E-state index in [4.69, 9.17) is 5.11 Å². The molecule has 1 aromatic rings. The fraction of sp³-hybridized carbons (Fsp3) is 0.500. The molecule has 1 heterocycles. The Hall–Kier alpha value is -0.940. The van der Waals surface area contributed by atoms with Crippen molar-refractivity contribution in [3.05, 3.63) is 23.4 Å². The lowest BCUT2D eigenvalue weighted by Crippen LogP contribution is -2.08. The maximum atomic E-state index is 11.1. The molecule has 0 aliphatic heterocycles. The summed E-state index contributed by atoms with van der Waals surface area (Å²) in [6.07, 6.45) is 1.68. The van der Waals surface area contributed by atoms with Gasteiger partial charge in [0.15, 0.2) is 0 Å². The van der Waals surface area contributed by atoms with Gasteiger partial charge in [-0.15, -0.1) is 0 Å². The van der Waals surface area contributed by atoms with E-state index in [1.807, 2.05) is 19.1 Å². The Labute approximate surface area is 92.2 Å². The van der Waals surface area contributed by atoms with Crippen molar-refractivity contribution in [3.8, 4) is 0 Å². The van der Waals surface area contributed by atoms with E-state index in [1.54, 1.807) is 6.26 Å². The number of aromatic nitrogens is 1. The maximum absolute atomic E-state index is 11.1. The van der Waals surface area contributed by atoms with Crippen molar-refractivity contribution >= 4 is 16.6 Å². The Morgan fingerprint density at radius 2 is 2.27 bits per heavy atom. The van der Waals surface area contributed by atoms with Crippen molar-refractivity contribution in [1.82, 2.24) is 4.98 Å². The number of aliphatic hydroxyl groups is 1. The highest BCUT2D eigenvalue weighted by Crippen LogP contribution is 2.11. The van der Waals surface area contributed by atoms with Gasteiger partial charge in [0, 0.05) is 35.0 Å². The molecule has 0 radical (unpaired) electrons. The number of nitrogens with zero attached hydrogens (tertiary/aromatic N) is 1. The van der Waals surface area contributed by atoms with E-state index in [0.717, 1.165) is 17.1 Å². The highest BCUT2D eigenvalue weighted by molar-refractivity contribution is 7.83. The van der Waals surface area contributed by atoms with Crippen LogP contribution in [-0.2, 0) is 16.6 Å². The molecule has 0 saturated heterocycles. The summed E-state index contributed by atoms with van der Waals surface area (Å²) in [7, 11) is -0.844. The number of aliphatic hydroxyl groups excluding tert-OH is 1. The second-order valence-corrected chi connectivity index (χ2v) is 4.80. The molecule has 1 aromatic heterocycles. The number of hydrogen-bond donors (Lipinski definition) is 2. The van der Waals surface area contributed by atoms with Crippen molar-refractivity contribution in [2.45, 2.75) is 12.7 Å². The van der Waals surface area contributed by atoms with Gasteiger partial charge in [0.1, 0.15) is 5.82 Å². The lowest BCUT2D eigenvalue weighted by molar-refractivity contribution is 0.311. The fourth-order valence-electron chi connectivity index (χ4n) is 1.33. The van der Waals surface area contributed by atoms with Crippen LogP contribution in [0.3, 0.4) is 0 Å². The first kappa shape index (κ1) is 12.1. The highest BCUT2D eigenvalue weighted by Gasteiger charge is 2.01. The van der Waals surface area contributed by atoms with E-state index in [2.05, 4.69) is 10.3 Å². The second-order valence-electron chi connectivity index (χ2n) is 3.37. The SMILES string of the molecule is Cc1cc(CS(C)=O)cc(NCCO)n1. The molecular weight excluding hydrogens is 212 g/mol. The minimum atomic E-state index is -0.844. The second kappa shape index (κ2) is 5.82. The van der Waals surface area contributed by atoms with Crippen LogP contribution in [0, 0.1) is 6.92 Å². The average Bonchev–Trinajstić information content (AvgIpc) is 2.12.